The number of hydrogen-bond acceptors (Lipinski definition) is 3. The minimum atomic E-state index is -0.179. The highest BCUT2D eigenvalue weighted by Crippen LogP contribution is 2.31. The molecule has 0 aliphatic rings. The normalized spacial score (nSPS) is 12.2. The van der Waals surface area contributed by atoms with Gasteiger partial charge in [-0.1, -0.05) is 40.9 Å². The number of benzene rings is 2. The third-order valence-corrected chi connectivity index (χ3v) is 4.00. The highest BCUT2D eigenvalue weighted by Gasteiger charge is 2.17. The summed E-state index contributed by atoms with van der Waals surface area (Å²) < 4.78 is 5.35. The molecule has 0 aliphatic carbocycles. The number of hydrazine groups is 1. The third-order valence-electron chi connectivity index (χ3n) is 3.21. The van der Waals surface area contributed by atoms with Crippen molar-refractivity contribution in [3.63, 3.8) is 0 Å². The Bertz CT molecular complexity index is 634. The van der Waals surface area contributed by atoms with Gasteiger partial charge in [0.15, 0.2) is 0 Å². The SMILES string of the molecule is COc1ccc(Cl)cc1CC(NN)c1ccc(Cl)cc1Cl. The Labute approximate surface area is 138 Å². The van der Waals surface area contributed by atoms with Crippen molar-refractivity contribution in [2.75, 3.05) is 7.11 Å². The molecular weight excluding hydrogens is 331 g/mol. The maximum Gasteiger partial charge on any atom is 0.122 e. The molecule has 6 heteroatoms. The van der Waals surface area contributed by atoms with Crippen LogP contribution in [0.15, 0.2) is 36.4 Å². The number of nitrogens with two attached hydrogens (primary N) is 1. The van der Waals surface area contributed by atoms with Crippen LogP contribution in [0.5, 0.6) is 5.75 Å². The number of halogens is 3. The average Bonchev–Trinajstić information content (AvgIpc) is 2.45. The first-order valence-electron chi connectivity index (χ1n) is 6.28. The van der Waals surface area contributed by atoms with E-state index in [-0.39, 0.29) is 6.04 Å². The van der Waals surface area contributed by atoms with Gasteiger partial charge in [0.05, 0.1) is 13.2 Å². The van der Waals surface area contributed by atoms with E-state index in [0.717, 1.165) is 16.9 Å². The highest BCUT2D eigenvalue weighted by molar-refractivity contribution is 6.35. The molecule has 0 amide bonds. The molecule has 0 saturated carbocycles. The predicted molar refractivity (Wildman–Crippen MR) is 88.2 cm³/mol. The van der Waals surface area contributed by atoms with Gasteiger partial charge >= 0.3 is 0 Å². The van der Waals surface area contributed by atoms with Gasteiger partial charge in [0, 0.05) is 15.1 Å². The molecular formula is C15H15Cl3N2O. The molecule has 0 spiro atoms. The number of hydrogen-bond donors (Lipinski definition) is 2. The Hall–Kier alpha value is -0.970. The highest BCUT2D eigenvalue weighted by atomic mass is 35.5. The van der Waals surface area contributed by atoms with Crippen LogP contribution in [-0.4, -0.2) is 7.11 Å². The van der Waals surface area contributed by atoms with Gasteiger partial charge in [0.25, 0.3) is 0 Å². The molecule has 2 rings (SSSR count). The zero-order valence-corrected chi connectivity index (χ0v) is 13.6. The maximum absolute atomic E-state index is 6.24. The fourth-order valence-electron chi connectivity index (χ4n) is 2.17. The number of rotatable bonds is 5. The van der Waals surface area contributed by atoms with Gasteiger partial charge in [-0.25, -0.2) is 0 Å². The molecule has 0 heterocycles. The lowest BCUT2D eigenvalue weighted by Gasteiger charge is -2.19. The number of methoxy groups -OCH3 is 1. The molecule has 0 aromatic heterocycles. The van der Waals surface area contributed by atoms with Crippen LogP contribution in [0.4, 0.5) is 0 Å². The Morgan fingerprint density at radius 2 is 1.76 bits per heavy atom. The molecule has 112 valence electrons. The Morgan fingerprint density at radius 1 is 1.10 bits per heavy atom. The Morgan fingerprint density at radius 3 is 2.38 bits per heavy atom. The summed E-state index contributed by atoms with van der Waals surface area (Å²) in [5.74, 6) is 6.43. The maximum atomic E-state index is 6.24. The first-order valence-corrected chi connectivity index (χ1v) is 7.42. The van der Waals surface area contributed by atoms with Crippen LogP contribution in [0.1, 0.15) is 17.2 Å². The van der Waals surface area contributed by atoms with Crippen LogP contribution in [0.3, 0.4) is 0 Å². The quantitative estimate of drug-likeness (QED) is 0.623. The molecule has 1 unspecified atom stereocenters. The van der Waals surface area contributed by atoms with E-state index in [1.807, 2.05) is 18.2 Å². The van der Waals surface area contributed by atoms with Gasteiger partial charge in [0.2, 0.25) is 0 Å². The van der Waals surface area contributed by atoms with Crippen molar-refractivity contribution in [2.24, 2.45) is 5.84 Å². The molecule has 0 radical (unpaired) electrons. The van der Waals surface area contributed by atoms with E-state index in [9.17, 15) is 0 Å². The Balaban J connectivity index is 2.33. The van der Waals surface area contributed by atoms with E-state index in [0.29, 0.717) is 21.5 Å². The van der Waals surface area contributed by atoms with Crippen molar-refractivity contribution in [3.05, 3.63) is 62.6 Å². The summed E-state index contributed by atoms with van der Waals surface area (Å²) in [4.78, 5) is 0. The summed E-state index contributed by atoms with van der Waals surface area (Å²) in [7, 11) is 1.62. The molecule has 0 fully saturated rings. The summed E-state index contributed by atoms with van der Waals surface area (Å²) >= 11 is 18.2. The van der Waals surface area contributed by atoms with Crippen molar-refractivity contribution < 1.29 is 4.74 Å². The van der Waals surface area contributed by atoms with E-state index >= 15 is 0 Å². The fourth-order valence-corrected chi connectivity index (χ4v) is 2.90. The first kappa shape index (κ1) is 16.4. The van der Waals surface area contributed by atoms with Gasteiger partial charge in [-0.15, -0.1) is 0 Å². The zero-order chi connectivity index (χ0) is 15.4. The van der Waals surface area contributed by atoms with Crippen molar-refractivity contribution in [1.29, 1.82) is 0 Å². The van der Waals surface area contributed by atoms with E-state index < -0.39 is 0 Å². The predicted octanol–water partition coefficient (Wildman–Crippen LogP) is 4.40. The van der Waals surface area contributed by atoms with Crippen molar-refractivity contribution in [1.82, 2.24) is 5.43 Å². The van der Waals surface area contributed by atoms with Gasteiger partial charge in [-0.3, -0.25) is 11.3 Å². The third kappa shape index (κ3) is 4.02. The summed E-state index contributed by atoms with van der Waals surface area (Å²) in [5.41, 5.74) is 4.58. The van der Waals surface area contributed by atoms with Crippen molar-refractivity contribution in [3.8, 4) is 5.75 Å². The number of nitrogens with one attached hydrogen (secondary N) is 1. The summed E-state index contributed by atoms with van der Waals surface area (Å²) in [6.45, 7) is 0. The minimum Gasteiger partial charge on any atom is -0.496 e. The molecule has 0 aliphatic heterocycles. The van der Waals surface area contributed by atoms with E-state index in [2.05, 4.69) is 5.43 Å². The minimum absolute atomic E-state index is 0.179. The van der Waals surface area contributed by atoms with Crippen LogP contribution in [0, 0.1) is 0 Å². The van der Waals surface area contributed by atoms with Crippen LogP contribution in [-0.2, 0) is 6.42 Å². The summed E-state index contributed by atoms with van der Waals surface area (Å²) in [6.07, 6.45) is 0.585. The van der Waals surface area contributed by atoms with Gasteiger partial charge in [-0.05, 0) is 47.9 Å². The number of ether oxygens (including phenoxy) is 1. The smallest absolute Gasteiger partial charge is 0.122 e. The molecule has 3 N–H and O–H groups in total. The second kappa shape index (κ2) is 7.34. The van der Waals surface area contributed by atoms with Crippen LogP contribution in [0.25, 0.3) is 0 Å². The molecule has 0 saturated heterocycles. The molecule has 2 aromatic carbocycles. The van der Waals surface area contributed by atoms with Gasteiger partial charge in [-0.2, -0.15) is 0 Å². The zero-order valence-electron chi connectivity index (χ0n) is 11.4. The van der Waals surface area contributed by atoms with E-state index in [1.54, 1.807) is 25.3 Å². The fraction of sp³-hybridized carbons (Fsp3) is 0.200. The lowest BCUT2D eigenvalue weighted by atomic mass is 9.98. The van der Waals surface area contributed by atoms with Gasteiger partial charge in [0.1, 0.15) is 5.75 Å². The molecule has 21 heavy (non-hydrogen) atoms. The Kier molecular flexibility index (Phi) is 5.73. The lowest BCUT2D eigenvalue weighted by molar-refractivity contribution is 0.405. The first-order chi connectivity index (χ1) is 10.0. The van der Waals surface area contributed by atoms with Crippen LogP contribution < -0.4 is 16.0 Å². The lowest BCUT2D eigenvalue weighted by Crippen LogP contribution is -2.30. The van der Waals surface area contributed by atoms with Gasteiger partial charge < -0.3 is 4.74 Å². The molecule has 1 atom stereocenters. The van der Waals surface area contributed by atoms with E-state index in [4.69, 9.17) is 45.4 Å². The molecule has 0 bridgehead atoms. The van der Waals surface area contributed by atoms with Crippen LogP contribution >= 0.6 is 34.8 Å². The second-order valence-electron chi connectivity index (χ2n) is 4.55. The molecule has 2 aromatic rings. The van der Waals surface area contributed by atoms with E-state index in [1.165, 1.54) is 0 Å². The standard InChI is InChI=1S/C15H15Cl3N2O/c1-21-15-5-3-10(16)6-9(15)7-14(20-19)12-4-2-11(17)8-13(12)18/h2-6,8,14,20H,7,19H2,1H3. The average molecular weight is 346 g/mol. The summed E-state index contributed by atoms with van der Waals surface area (Å²) in [5, 5.41) is 1.79. The topological polar surface area (TPSA) is 47.3 Å². The largest absolute Gasteiger partial charge is 0.496 e. The van der Waals surface area contributed by atoms with Crippen molar-refractivity contribution >= 4 is 34.8 Å². The van der Waals surface area contributed by atoms with Crippen molar-refractivity contribution in [2.45, 2.75) is 12.5 Å². The second-order valence-corrected chi connectivity index (χ2v) is 5.83. The monoisotopic (exact) mass is 344 g/mol. The van der Waals surface area contributed by atoms with Crippen LogP contribution in [0.2, 0.25) is 15.1 Å². The summed E-state index contributed by atoms with van der Waals surface area (Å²) in [6, 6.07) is 10.6. The molecule has 3 nitrogen and oxygen atoms in total.